The van der Waals surface area contributed by atoms with Crippen LogP contribution in [0.15, 0.2) is 51.7 Å². The van der Waals surface area contributed by atoms with Crippen molar-refractivity contribution in [2.75, 3.05) is 13.7 Å². The Bertz CT molecular complexity index is 1410. The summed E-state index contributed by atoms with van der Waals surface area (Å²) in [6, 6.07) is 10.5. The Hall–Kier alpha value is -3.95. The third-order valence-electron chi connectivity index (χ3n) is 5.17. The van der Waals surface area contributed by atoms with E-state index in [1.807, 2.05) is 0 Å². The van der Waals surface area contributed by atoms with E-state index >= 15 is 0 Å². The van der Waals surface area contributed by atoms with Crippen LogP contribution in [-0.2, 0) is 6.42 Å². The molecule has 0 fully saturated rings. The predicted molar refractivity (Wildman–Crippen MR) is 115 cm³/mol. The van der Waals surface area contributed by atoms with Gasteiger partial charge in [0.15, 0.2) is 11.3 Å². The Morgan fingerprint density at radius 2 is 1.97 bits per heavy atom. The number of methoxy groups -OCH3 is 1. The number of alkyl halides is 3. The first-order valence-corrected chi connectivity index (χ1v) is 9.92. The fraction of sp³-hybridized carbons (Fsp3) is 0.217. The summed E-state index contributed by atoms with van der Waals surface area (Å²) in [5, 5.41) is 3.75. The number of H-pyrrole nitrogens is 1. The van der Waals surface area contributed by atoms with Gasteiger partial charge >= 0.3 is 12.0 Å². The number of nitrogens with one attached hydrogen (secondary N) is 2. The molecular formula is C23H19F3N2O5. The number of carbonyl (C=O) groups is 1. The highest BCUT2D eigenvalue weighted by atomic mass is 19.4. The lowest BCUT2D eigenvalue weighted by molar-refractivity contribution is -0.274. The third kappa shape index (κ3) is 4.64. The molecule has 1 amide bonds. The van der Waals surface area contributed by atoms with E-state index in [0.29, 0.717) is 28.5 Å². The largest absolute Gasteiger partial charge is 0.573 e. The molecule has 0 radical (unpaired) electrons. The second-order valence-corrected chi connectivity index (χ2v) is 7.32. The fourth-order valence-corrected chi connectivity index (χ4v) is 3.71. The molecule has 4 aromatic rings. The van der Waals surface area contributed by atoms with Crippen molar-refractivity contribution < 1.29 is 31.9 Å². The molecule has 2 N–H and O–H groups in total. The second-order valence-electron chi connectivity index (χ2n) is 7.32. The smallest absolute Gasteiger partial charge is 0.493 e. The number of aromatic amines is 1. The highest BCUT2D eigenvalue weighted by Gasteiger charge is 2.31. The zero-order valence-corrected chi connectivity index (χ0v) is 17.6. The monoisotopic (exact) mass is 460 g/mol. The number of fused-ring (bicyclic) bond motifs is 2. The molecule has 2 aromatic carbocycles. The minimum atomic E-state index is -4.79. The number of halogens is 3. The van der Waals surface area contributed by atoms with Crippen LogP contribution in [0.1, 0.15) is 21.6 Å². The average molecular weight is 460 g/mol. The van der Waals surface area contributed by atoms with Crippen LogP contribution in [0.4, 0.5) is 13.2 Å². The molecule has 0 aliphatic rings. The molecule has 2 heterocycles. The summed E-state index contributed by atoms with van der Waals surface area (Å²) in [6.07, 6.45) is -4.47. The zero-order valence-electron chi connectivity index (χ0n) is 17.6. The summed E-state index contributed by atoms with van der Waals surface area (Å²) >= 11 is 0. The van der Waals surface area contributed by atoms with E-state index in [-0.39, 0.29) is 23.4 Å². The molecule has 4 rings (SSSR count). The van der Waals surface area contributed by atoms with Gasteiger partial charge in [0, 0.05) is 28.5 Å². The lowest BCUT2D eigenvalue weighted by Gasteiger charge is -2.09. The van der Waals surface area contributed by atoms with Crippen LogP contribution >= 0.6 is 0 Å². The quantitative estimate of drug-likeness (QED) is 0.415. The predicted octanol–water partition coefficient (Wildman–Crippen LogP) is 4.46. The van der Waals surface area contributed by atoms with Crippen molar-refractivity contribution in [2.45, 2.75) is 19.7 Å². The van der Waals surface area contributed by atoms with Crippen LogP contribution in [0.25, 0.3) is 21.9 Å². The highest BCUT2D eigenvalue weighted by molar-refractivity contribution is 5.97. The Morgan fingerprint density at radius 3 is 2.70 bits per heavy atom. The van der Waals surface area contributed by atoms with Crippen LogP contribution in [0.5, 0.6) is 11.5 Å². The lowest BCUT2D eigenvalue weighted by Crippen LogP contribution is -2.30. The molecule has 0 saturated carbocycles. The lowest BCUT2D eigenvalue weighted by atomic mass is 10.1. The number of para-hydroxylation sites is 1. The Labute approximate surface area is 185 Å². The SMILES string of the molecule is COc1cccc2cc(C(=O)NCCc3c(C)[nH]c4ccc(OC(F)(F)F)cc34)c(=O)oc12. The van der Waals surface area contributed by atoms with E-state index < -0.39 is 17.9 Å². The number of hydrogen-bond donors (Lipinski definition) is 2. The zero-order chi connectivity index (χ0) is 23.8. The normalized spacial score (nSPS) is 11.7. The Balaban J connectivity index is 1.52. The van der Waals surface area contributed by atoms with Gasteiger partial charge in [-0.1, -0.05) is 12.1 Å². The van der Waals surface area contributed by atoms with Gasteiger partial charge in [0.25, 0.3) is 5.91 Å². The number of rotatable bonds is 6. The maximum absolute atomic E-state index is 12.6. The van der Waals surface area contributed by atoms with Crippen molar-refractivity contribution in [3.05, 3.63) is 69.7 Å². The first-order valence-electron chi connectivity index (χ1n) is 9.92. The molecule has 0 bridgehead atoms. The van der Waals surface area contributed by atoms with Crippen molar-refractivity contribution in [3.63, 3.8) is 0 Å². The number of aromatic nitrogens is 1. The number of carbonyl (C=O) groups excluding carboxylic acids is 1. The molecule has 33 heavy (non-hydrogen) atoms. The van der Waals surface area contributed by atoms with E-state index in [9.17, 15) is 22.8 Å². The van der Waals surface area contributed by atoms with Crippen molar-refractivity contribution in [2.24, 2.45) is 0 Å². The van der Waals surface area contributed by atoms with Gasteiger partial charge in [-0.25, -0.2) is 4.79 Å². The Morgan fingerprint density at radius 1 is 1.18 bits per heavy atom. The minimum Gasteiger partial charge on any atom is -0.493 e. The standard InChI is InChI=1S/C23H19F3N2O5/c1-12-15(16-11-14(33-23(24,25)26)6-7-18(16)28-12)8-9-27-21(29)17-10-13-4-3-5-19(31-2)20(13)32-22(17)30/h3-7,10-11,28H,8-9H2,1-2H3,(H,27,29). The van der Waals surface area contributed by atoms with Gasteiger partial charge in [-0.2, -0.15) is 0 Å². The molecule has 2 aromatic heterocycles. The molecule has 0 spiro atoms. The van der Waals surface area contributed by atoms with Crippen LogP contribution in [-0.4, -0.2) is 30.9 Å². The molecule has 0 aliphatic heterocycles. The topological polar surface area (TPSA) is 93.6 Å². The first kappa shape index (κ1) is 22.3. The average Bonchev–Trinajstić information content (AvgIpc) is 3.06. The third-order valence-corrected chi connectivity index (χ3v) is 5.17. The molecule has 0 aliphatic carbocycles. The van der Waals surface area contributed by atoms with Crippen molar-refractivity contribution in [3.8, 4) is 11.5 Å². The van der Waals surface area contributed by atoms with Crippen LogP contribution in [0, 0.1) is 6.92 Å². The van der Waals surface area contributed by atoms with E-state index in [2.05, 4.69) is 15.0 Å². The van der Waals surface area contributed by atoms with Crippen LogP contribution in [0.3, 0.4) is 0 Å². The summed E-state index contributed by atoms with van der Waals surface area (Å²) in [5.41, 5.74) is 1.41. The number of benzene rings is 2. The maximum atomic E-state index is 12.6. The van der Waals surface area contributed by atoms with Crippen LogP contribution in [0.2, 0.25) is 0 Å². The van der Waals surface area contributed by atoms with Gasteiger partial charge in [-0.3, -0.25) is 4.79 Å². The van der Waals surface area contributed by atoms with E-state index in [0.717, 1.165) is 11.3 Å². The minimum absolute atomic E-state index is 0.145. The summed E-state index contributed by atoms with van der Waals surface area (Å²) in [6.45, 7) is 1.93. The summed E-state index contributed by atoms with van der Waals surface area (Å²) < 4.78 is 52.1. The summed E-state index contributed by atoms with van der Waals surface area (Å²) in [4.78, 5) is 28.0. The number of ether oxygens (including phenoxy) is 2. The molecule has 7 nitrogen and oxygen atoms in total. The van der Waals surface area contributed by atoms with Crippen molar-refractivity contribution in [1.29, 1.82) is 0 Å². The molecule has 10 heteroatoms. The molecular weight excluding hydrogens is 441 g/mol. The van der Waals surface area contributed by atoms with Crippen molar-refractivity contribution >= 4 is 27.8 Å². The van der Waals surface area contributed by atoms with Gasteiger partial charge in [0.05, 0.1) is 7.11 Å². The summed E-state index contributed by atoms with van der Waals surface area (Å²) in [7, 11) is 1.44. The molecule has 0 unspecified atom stereocenters. The highest BCUT2D eigenvalue weighted by Crippen LogP contribution is 2.30. The number of aryl methyl sites for hydroxylation is 1. The van der Waals surface area contributed by atoms with E-state index in [1.165, 1.54) is 31.4 Å². The van der Waals surface area contributed by atoms with Gasteiger partial charge < -0.3 is 24.2 Å². The molecule has 0 saturated heterocycles. The van der Waals surface area contributed by atoms with Crippen LogP contribution < -0.4 is 20.4 Å². The number of amides is 1. The van der Waals surface area contributed by atoms with Crippen molar-refractivity contribution in [1.82, 2.24) is 10.3 Å². The van der Waals surface area contributed by atoms with Gasteiger partial charge in [-0.15, -0.1) is 13.2 Å². The van der Waals surface area contributed by atoms with Gasteiger partial charge in [0.2, 0.25) is 0 Å². The van der Waals surface area contributed by atoms with E-state index in [4.69, 9.17) is 9.15 Å². The molecule has 172 valence electrons. The first-order chi connectivity index (χ1) is 15.7. The van der Waals surface area contributed by atoms with E-state index in [1.54, 1.807) is 25.1 Å². The number of hydrogen-bond acceptors (Lipinski definition) is 5. The second kappa shape index (κ2) is 8.53. The fourth-order valence-electron chi connectivity index (χ4n) is 3.71. The maximum Gasteiger partial charge on any atom is 0.573 e. The Kier molecular flexibility index (Phi) is 5.75. The van der Waals surface area contributed by atoms with Gasteiger partial charge in [-0.05, 0) is 49.2 Å². The molecule has 0 atom stereocenters. The van der Waals surface area contributed by atoms with Gasteiger partial charge in [0.1, 0.15) is 11.3 Å². The summed E-state index contributed by atoms with van der Waals surface area (Å²) in [5.74, 6) is -0.573.